The minimum Gasteiger partial charge on any atom is -0.314 e. The van der Waals surface area contributed by atoms with E-state index in [4.69, 9.17) is 4.18 Å². The molecule has 1 aromatic rings. The monoisotopic (exact) mass is 251 g/mol. The van der Waals surface area contributed by atoms with E-state index in [1.54, 1.807) is 0 Å². The summed E-state index contributed by atoms with van der Waals surface area (Å²) < 4.78 is 8.72. The molecule has 2 unspecified atom stereocenters. The molecule has 1 saturated heterocycles. The normalized spacial score (nSPS) is 37.6. The van der Waals surface area contributed by atoms with Crippen molar-refractivity contribution in [3.05, 3.63) is 48.6 Å². The molecule has 1 aromatic carbocycles. The van der Waals surface area contributed by atoms with Gasteiger partial charge >= 0.3 is 0 Å². The lowest BCUT2D eigenvalue weighted by Crippen LogP contribution is -2.27. The number of hydrogen-bond donors (Lipinski definition) is 0. The van der Waals surface area contributed by atoms with Crippen LogP contribution in [0.25, 0.3) is 0 Å². The van der Waals surface area contributed by atoms with Crippen LogP contribution in [0, 0.1) is 0 Å². The zero-order valence-corrected chi connectivity index (χ0v) is 11.6. The van der Waals surface area contributed by atoms with Crippen LogP contribution in [0.4, 0.5) is 0 Å². The summed E-state index contributed by atoms with van der Waals surface area (Å²) >= 11 is 0. The van der Waals surface area contributed by atoms with Gasteiger partial charge in [0.2, 0.25) is 0 Å². The Hall–Kier alpha value is -0.770. The highest BCUT2D eigenvalue weighted by molar-refractivity contribution is 8.27. The van der Waals surface area contributed by atoms with Gasteiger partial charge in [-0.3, -0.25) is 0 Å². The van der Waals surface area contributed by atoms with Gasteiger partial charge in [-0.1, -0.05) is 46.9 Å². The van der Waals surface area contributed by atoms with Crippen molar-refractivity contribution >= 4 is 10.5 Å². The van der Waals surface area contributed by atoms with Gasteiger partial charge in [-0.2, -0.15) is 0 Å². The third-order valence-electron chi connectivity index (χ3n) is 3.49. The molecule has 0 aromatic heterocycles. The summed E-state index contributed by atoms with van der Waals surface area (Å²) in [7, 11) is 0.995. The van der Waals surface area contributed by atoms with Crippen molar-refractivity contribution in [3.63, 3.8) is 0 Å². The van der Waals surface area contributed by atoms with Gasteiger partial charge in [0.15, 0.2) is 0 Å². The van der Waals surface area contributed by atoms with Gasteiger partial charge in [0.1, 0.15) is 6.10 Å². The third-order valence-corrected chi connectivity index (χ3v) is 6.51. The molecule has 1 aliphatic rings. The second-order valence-electron chi connectivity index (χ2n) is 4.63. The number of hydrogen-bond acceptors (Lipinski definition) is 2. The summed E-state index contributed by atoms with van der Waals surface area (Å²) in [5.41, 5.74) is 1.27. The van der Waals surface area contributed by atoms with E-state index in [1.165, 1.54) is 5.56 Å². The summed E-state index contributed by atoms with van der Waals surface area (Å²) in [6.45, 7) is 6.08. The van der Waals surface area contributed by atoms with Crippen LogP contribution >= 0.6 is 10.5 Å². The Kier molecular flexibility index (Phi) is 3.61. The predicted octanol–water partition coefficient (Wildman–Crippen LogP) is 3.53. The zero-order valence-electron chi connectivity index (χ0n) is 10.8. The smallest absolute Gasteiger partial charge is 0.113 e. The van der Waals surface area contributed by atoms with E-state index in [0.29, 0.717) is 6.04 Å². The molecular formula is C14H21NOS. The molecule has 0 N–H and O–H groups in total. The highest BCUT2D eigenvalue weighted by Crippen LogP contribution is 2.60. The predicted molar refractivity (Wildman–Crippen MR) is 76.1 cm³/mol. The Morgan fingerprint density at radius 3 is 2.65 bits per heavy atom. The van der Waals surface area contributed by atoms with Crippen molar-refractivity contribution in [2.75, 3.05) is 19.1 Å². The van der Waals surface area contributed by atoms with Gasteiger partial charge in [-0.15, -0.1) is 6.58 Å². The zero-order chi connectivity index (χ0) is 12.5. The average molecular weight is 251 g/mol. The minimum absolute atomic E-state index is 0.182. The maximum absolute atomic E-state index is 6.34. The topological polar surface area (TPSA) is 12.5 Å². The van der Waals surface area contributed by atoms with Crippen molar-refractivity contribution in [1.29, 1.82) is 0 Å². The molecule has 2 rings (SSSR count). The lowest BCUT2D eigenvalue weighted by atomic mass is 10.0. The van der Waals surface area contributed by atoms with E-state index in [2.05, 4.69) is 55.4 Å². The molecule has 0 radical (unpaired) electrons. The first-order valence-corrected chi connectivity index (χ1v) is 8.01. The molecule has 94 valence electrons. The SMILES string of the molecule is C=CCS1(C)OC(c2ccccc2)[C@@H](C)N1C. The highest BCUT2D eigenvalue weighted by Gasteiger charge is 2.42. The van der Waals surface area contributed by atoms with Crippen LogP contribution in [0.1, 0.15) is 18.6 Å². The summed E-state index contributed by atoms with van der Waals surface area (Å²) in [5.74, 6) is 0.928. The summed E-state index contributed by atoms with van der Waals surface area (Å²) in [5, 5.41) is 0. The lowest BCUT2D eigenvalue weighted by Gasteiger charge is -2.36. The Morgan fingerprint density at radius 2 is 2.06 bits per heavy atom. The second-order valence-corrected chi connectivity index (χ2v) is 7.65. The molecule has 0 aliphatic carbocycles. The Labute approximate surface area is 106 Å². The van der Waals surface area contributed by atoms with E-state index < -0.39 is 10.5 Å². The average Bonchev–Trinajstić information content (AvgIpc) is 2.56. The molecule has 0 bridgehead atoms. The van der Waals surface area contributed by atoms with Crippen LogP contribution in [-0.4, -0.2) is 29.4 Å². The van der Waals surface area contributed by atoms with Crippen molar-refractivity contribution in [2.45, 2.75) is 19.1 Å². The first-order chi connectivity index (χ1) is 8.08. The van der Waals surface area contributed by atoms with E-state index >= 15 is 0 Å². The van der Waals surface area contributed by atoms with Crippen molar-refractivity contribution in [3.8, 4) is 0 Å². The molecule has 0 amide bonds. The summed E-state index contributed by atoms with van der Waals surface area (Å²) in [4.78, 5) is 0. The van der Waals surface area contributed by atoms with Gasteiger partial charge < -0.3 is 4.18 Å². The van der Waals surface area contributed by atoms with E-state index in [-0.39, 0.29) is 6.10 Å². The summed E-state index contributed by atoms with van der Waals surface area (Å²) in [6.07, 6.45) is 4.36. The molecular weight excluding hydrogens is 230 g/mol. The number of likely N-dealkylation sites (N-methyl/N-ethyl adjacent to an activating group) is 1. The first kappa shape index (κ1) is 12.7. The maximum atomic E-state index is 6.34. The van der Waals surface area contributed by atoms with Crippen LogP contribution in [0.15, 0.2) is 43.0 Å². The van der Waals surface area contributed by atoms with Crippen molar-refractivity contribution in [1.82, 2.24) is 4.31 Å². The fourth-order valence-electron chi connectivity index (χ4n) is 2.27. The van der Waals surface area contributed by atoms with Crippen molar-refractivity contribution < 1.29 is 4.18 Å². The standard InChI is InChI=1S/C14H21NOS/c1-5-11-17(4)15(3)12(2)14(16-17)13-9-7-6-8-10-13/h5-10,12,14H,1,11H2,2-4H3/t12-,14?/m1/s1. The molecule has 17 heavy (non-hydrogen) atoms. The molecule has 0 saturated carbocycles. The first-order valence-electron chi connectivity index (χ1n) is 5.91. The van der Waals surface area contributed by atoms with Gasteiger partial charge in [0, 0.05) is 18.1 Å². The van der Waals surface area contributed by atoms with Gasteiger partial charge in [0.25, 0.3) is 0 Å². The van der Waals surface area contributed by atoms with E-state index in [9.17, 15) is 0 Å². The van der Waals surface area contributed by atoms with Crippen LogP contribution in [0.3, 0.4) is 0 Å². The Balaban J connectivity index is 2.25. The highest BCUT2D eigenvalue weighted by atomic mass is 32.3. The van der Waals surface area contributed by atoms with Gasteiger partial charge in [0.05, 0.1) is 0 Å². The number of benzene rings is 1. The minimum atomic E-state index is -1.16. The van der Waals surface area contributed by atoms with E-state index in [1.807, 2.05) is 12.1 Å². The largest absolute Gasteiger partial charge is 0.314 e. The van der Waals surface area contributed by atoms with Crippen LogP contribution < -0.4 is 0 Å². The Morgan fingerprint density at radius 1 is 1.41 bits per heavy atom. The summed E-state index contributed by atoms with van der Waals surface area (Å²) in [6, 6.07) is 10.9. The molecule has 1 heterocycles. The fourth-order valence-corrected chi connectivity index (χ4v) is 4.69. The van der Waals surface area contributed by atoms with Crippen LogP contribution in [0.2, 0.25) is 0 Å². The van der Waals surface area contributed by atoms with Crippen molar-refractivity contribution in [2.24, 2.45) is 0 Å². The number of rotatable bonds is 3. The van der Waals surface area contributed by atoms with Gasteiger partial charge in [-0.05, 0) is 19.5 Å². The number of nitrogens with zero attached hydrogens (tertiary/aromatic N) is 1. The van der Waals surface area contributed by atoms with Crippen LogP contribution in [0.5, 0.6) is 0 Å². The van der Waals surface area contributed by atoms with Gasteiger partial charge in [-0.25, -0.2) is 4.31 Å². The second kappa shape index (κ2) is 4.84. The lowest BCUT2D eigenvalue weighted by molar-refractivity contribution is 0.219. The fraction of sp³-hybridized carbons (Fsp3) is 0.429. The Bertz CT molecular complexity index is 394. The molecule has 3 atom stereocenters. The molecule has 0 spiro atoms. The third kappa shape index (κ3) is 2.28. The molecule has 3 heteroatoms. The molecule has 1 aliphatic heterocycles. The maximum Gasteiger partial charge on any atom is 0.113 e. The van der Waals surface area contributed by atoms with E-state index in [0.717, 1.165) is 5.75 Å². The van der Waals surface area contributed by atoms with Crippen LogP contribution in [-0.2, 0) is 4.18 Å². The molecule has 2 nitrogen and oxygen atoms in total. The molecule has 1 fully saturated rings. The quantitative estimate of drug-likeness (QED) is 0.762.